The summed E-state index contributed by atoms with van der Waals surface area (Å²) in [4.78, 5) is 10.5. The molecule has 22 heavy (non-hydrogen) atoms. The Balaban J connectivity index is 2.12. The molecule has 0 radical (unpaired) electrons. The zero-order valence-corrected chi connectivity index (χ0v) is 12.0. The average Bonchev–Trinajstić information content (AvgIpc) is 2.51. The van der Waals surface area contributed by atoms with Gasteiger partial charge in [0.05, 0.1) is 7.11 Å². The summed E-state index contributed by atoms with van der Waals surface area (Å²) in [5, 5.41) is 8.62. The van der Waals surface area contributed by atoms with E-state index in [2.05, 4.69) is 0 Å². The van der Waals surface area contributed by atoms with Crippen LogP contribution in [0.4, 0.5) is 4.39 Å². The summed E-state index contributed by atoms with van der Waals surface area (Å²) in [5.74, 6) is -0.365. The number of rotatable bonds is 6. The lowest BCUT2D eigenvalue weighted by atomic mass is 10.2. The van der Waals surface area contributed by atoms with Crippen LogP contribution in [-0.2, 0) is 11.4 Å². The third-order valence-electron chi connectivity index (χ3n) is 2.89. The monoisotopic (exact) mass is 302 g/mol. The Morgan fingerprint density at radius 2 is 2.05 bits per heavy atom. The molecule has 0 aliphatic carbocycles. The van der Waals surface area contributed by atoms with Crippen molar-refractivity contribution < 1.29 is 23.8 Å². The molecule has 0 saturated carbocycles. The molecule has 0 saturated heterocycles. The van der Waals surface area contributed by atoms with Crippen molar-refractivity contribution in [1.29, 1.82) is 0 Å². The van der Waals surface area contributed by atoms with E-state index >= 15 is 0 Å². The van der Waals surface area contributed by atoms with Crippen LogP contribution in [0.2, 0.25) is 0 Å². The van der Waals surface area contributed by atoms with Crippen LogP contribution in [-0.4, -0.2) is 18.2 Å². The number of ether oxygens (including phenoxy) is 2. The van der Waals surface area contributed by atoms with Crippen LogP contribution in [0.25, 0.3) is 6.08 Å². The van der Waals surface area contributed by atoms with Crippen molar-refractivity contribution in [3.8, 4) is 11.5 Å². The Morgan fingerprint density at radius 1 is 1.23 bits per heavy atom. The van der Waals surface area contributed by atoms with E-state index in [-0.39, 0.29) is 12.4 Å². The Morgan fingerprint density at radius 3 is 2.73 bits per heavy atom. The lowest BCUT2D eigenvalue weighted by Crippen LogP contribution is -1.98. The van der Waals surface area contributed by atoms with Crippen LogP contribution in [0, 0.1) is 5.82 Å². The van der Waals surface area contributed by atoms with Crippen molar-refractivity contribution in [3.05, 3.63) is 65.5 Å². The van der Waals surface area contributed by atoms with Gasteiger partial charge in [-0.3, -0.25) is 0 Å². The minimum atomic E-state index is -1.02. The number of carboxylic acid groups (broad SMARTS) is 1. The molecule has 114 valence electrons. The molecule has 2 aromatic rings. The number of aliphatic carboxylic acids is 1. The molecule has 2 aromatic carbocycles. The molecule has 0 aliphatic rings. The standard InChI is InChI=1S/C17H15FO4/c1-21-16-10-12(6-8-17(19)20)5-7-15(16)22-11-13-3-2-4-14(18)9-13/h2-10H,11H2,1H3,(H,19,20). The predicted octanol–water partition coefficient (Wildman–Crippen LogP) is 3.51. The van der Waals surface area contributed by atoms with Gasteiger partial charge >= 0.3 is 5.97 Å². The highest BCUT2D eigenvalue weighted by molar-refractivity contribution is 5.85. The second-order valence-corrected chi connectivity index (χ2v) is 4.50. The highest BCUT2D eigenvalue weighted by Gasteiger charge is 2.06. The molecule has 0 bridgehead atoms. The Labute approximate surface area is 127 Å². The van der Waals surface area contributed by atoms with Gasteiger partial charge in [-0.15, -0.1) is 0 Å². The van der Waals surface area contributed by atoms with Gasteiger partial charge in [-0.1, -0.05) is 18.2 Å². The lowest BCUT2D eigenvalue weighted by Gasteiger charge is -2.11. The van der Waals surface area contributed by atoms with Crippen molar-refractivity contribution in [2.24, 2.45) is 0 Å². The highest BCUT2D eigenvalue weighted by atomic mass is 19.1. The maximum Gasteiger partial charge on any atom is 0.328 e. The van der Waals surface area contributed by atoms with Crippen LogP contribution in [0.3, 0.4) is 0 Å². The van der Waals surface area contributed by atoms with Gasteiger partial charge in [0.25, 0.3) is 0 Å². The zero-order valence-electron chi connectivity index (χ0n) is 12.0. The average molecular weight is 302 g/mol. The molecule has 0 unspecified atom stereocenters. The first-order chi connectivity index (χ1) is 10.6. The fraction of sp³-hybridized carbons (Fsp3) is 0.118. The van der Waals surface area contributed by atoms with Crippen molar-refractivity contribution in [2.45, 2.75) is 6.61 Å². The Hall–Kier alpha value is -2.82. The van der Waals surface area contributed by atoms with Crippen molar-refractivity contribution in [2.75, 3.05) is 7.11 Å². The molecule has 0 aromatic heterocycles. The van der Waals surface area contributed by atoms with Crippen molar-refractivity contribution >= 4 is 12.0 Å². The van der Waals surface area contributed by atoms with Gasteiger partial charge in [0.1, 0.15) is 12.4 Å². The maximum absolute atomic E-state index is 13.1. The lowest BCUT2D eigenvalue weighted by molar-refractivity contribution is -0.131. The molecule has 0 heterocycles. The first-order valence-corrected chi connectivity index (χ1v) is 6.55. The molecule has 0 spiro atoms. The van der Waals surface area contributed by atoms with Crippen LogP contribution < -0.4 is 9.47 Å². The first-order valence-electron chi connectivity index (χ1n) is 6.55. The van der Waals surface area contributed by atoms with Crippen molar-refractivity contribution in [3.63, 3.8) is 0 Å². The summed E-state index contributed by atoms with van der Waals surface area (Å²) in [7, 11) is 1.50. The minimum Gasteiger partial charge on any atom is -0.493 e. The number of methoxy groups -OCH3 is 1. The molecule has 2 rings (SSSR count). The molecule has 5 heteroatoms. The van der Waals surface area contributed by atoms with Crippen LogP contribution in [0.1, 0.15) is 11.1 Å². The van der Waals surface area contributed by atoms with Crippen LogP contribution >= 0.6 is 0 Å². The van der Waals surface area contributed by atoms with Gasteiger partial charge in [-0.05, 0) is 41.5 Å². The smallest absolute Gasteiger partial charge is 0.328 e. The molecule has 0 fully saturated rings. The molecule has 1 N–H and O–H groups in total. The van der Waals surface area contributed by atoms with E-state index in [0.717, 1.165) is 6.08 Å². The fourth-order valence-electron chi connectivity index (χ4n) is 1.86. The fourth-order valence-corrected chi connectivity index (χ4v) is 1.86. The minimum absolute atomic E-state index is 0.207. The molecule has 0 atom stereocenters. The van der Waals surface area contributed by atoms with E-state index < -0.39 is 5.97 Å². The zero-order chi connectivity index (χ0) is 15.9. The highest BCUT2D eigenvalue weighted by Crippen LogP contribution is 2.29. The summed E-state index contributed by atoms with van der Waals surface area (Å²) >= 11 is 0. The van der Waals surface area contributed by atoms with E-state index in [1.54, 1.807) is 30.3 Å². The SMILES string of the molecule is COc1cc(C=CC(=O)O)ccc1OCc1cccc(F)c1. The first kappa shape index (κ1) is 15.6. The third kappa shape index (κ3) is 4.34. The summed E-state index contributed by atoms with van der Waals surface area (Å²) in [6.45, 7) is 0.207. The number of carboxylic acids is 1. The topological polar surface area (TPSA) is 55.8 Å². The molecule has 4 nitrogen and oxygen atoms in total. The number of carbonyl (C=O) groups is 1. The van der Waals surface area contributed by atoms with Crippen LogP contribution in [0.15, 0.2) is 48.5 Å². The van der Waals surface area contributed by atoms with Gasteiger partial charge in [0.2, 0.25) is 0 Å². The summed E-state index contributed by atoms with van der Waals surface area (Å²) < 4.78 is 23.9. The quantitative estimate of drug-likeness (QED) is 0.830. The molecule has 0 aliphatic heterocycles. The van der Waals surface area contributed by atoms with Gasteiger partial charge in [-0.2, -0.15) is 0 Å². The third-order valence-corrected chi connectivity index (χ3v) is 2.89. The van der Waals surface area contributed by atoms with Gasteiger partial charge < -0.3 is 14.6 Å². The summed E-state index contributed by atoms with van der Waals surface area (Å²) in [5.41, 5.74) is 1.38. The van der Waals surface area contributed by atoms with E-state index in [9.17, 15) is 9.18 Å². The Kier molecular flexibility index (Phi) is 5.14. The van der Waals surface area contributed by atoms with Crippen LogP contribution in [0.5, 0.6) is 11.5 Å². The number of hydrogen-bond acceptors (Lipinski definition) is 3. The van der Waals surface area contributed by atoms with E-state index in [0.29, 0.717) is 22.6 Å². The second kappa shape index (κ2) is 7.26. The largest absolute Gasteiger partial charge is 0.493 e. The van der Waals surface area contributed by atoms with Gasteiger partial charge in [-0.25, -0.2) is 9.18 Å². The number of halogens is 1. The van der Waals surface area contributed by atoms with Gasteiger partial charge in [0.15, 0.2) is 11.5 Å². The number of hydrogen-bond donors (Lipinski definition) is 1. The molecular formula is C17H15FO4. The maximum atomic E-state index is 13.1. The molecule has 0 amide bonds. The van der Waals surface area contributed by atoms with Gasteiger partial charge in [0, 0.05) is 6.08 Å². The summed E-state index contributed by atoms with van der Waals surface area (Å²) in [6, 6.07) is 11.2. The summed E-state index contributed by atoms with van der Waals surface area (Å²) in [6.07, 6.45) is 2.50. The van der Waals surface area contributed by atoms with E-state index in [1.807, 2.05) is 0 Å². The molecular weight excluding hydrogens is 287 g/mol. The number of benzene rings is 2. The van der Waals surface area contributed by atoms with Crippen molar-refractivity contribution in [1.82, 2.24) is 0 Å². The second-order valence-electron chi connectivity index (χ2n) is 4.50. The van der Waals surface area contributed by atoms with E-state index in [4.69, 9.17) is 14.6 Å². The van der Waals surface area contributed by atoms with E-state index in [1.165, 1.54) is 25.3 Å². The normalized spacial score (nSPS) is 10.6. The predicted molar refractivity (Wildman–Crippen MR) is 80.4 cm³/mol. The Bertz CT molecular complexity index is 695.